The van der Waals surface area contributed by atoms with Crippen LogP contribution in [0.2, 0.25) is 0 Å². The molecule has 2 aromatic carbocycles. The molecule has 15 nitrogen and oxygen atoms in total. The first-order valence-electron chi connectivity index (χ1n) is 24.4. The van der Waals surface area contributed by atoms with Crippen LogP contribution in [0.25, 0.3) is 16.5 Å². The monoisotopic (exact) mass is 926 g/mol. The lowest BCUT2D eigenvalue weighted by molar-refractivity contribution is -0.179. The second kappa shape index (κ2) is 19.8. The third-order valence-electron chi connectivity index (χ3n) is 16.0. The van der Waals surface area contributed by atoms with Crippen LogP contribution in [0.1, 0.15) is 98.9 Å². The minimum atomic E-state index is -1.41. The van der Waals surface area contributed by atoms with Crippen LogP contribution in [-0.4, -0.2) is 131 Å². The van der Waals surface area contributed by atoms with Gasteiger partial charge in [-0.05, 0) is 124 Å². The minimum Gasteiger partial charge on any atom is -0.492 e. The number of carbonyl (C=O) groups excluding carboxylic acids is 3. The molecule has 3 aromatic rings. The number of piperidine rings is 1. The molecular weight excluding hydrogens is 861 g/mol. The Hall–Kier alpha value is -4.61. The van der Waals surface area contributed by atoms with Crippen LogP contribution >= 0.6 is 0 Å². The first-order valence-corrected chi connectivity index (χ1v) is 24.4. The van der Waals surface area contributed by atoms with Crippen LogP contribution in [0.5, 0.6) is 17.2 Å². The fraction of sp³-hybridized carbons (Fsp3) is 0.596. The quantitative estimate of drug-likeness (QED) is 0.0779. The number of hydrogen-bond donors (Lipinski definition) is 6. The number of aliphatic hydroxyl groups excluding tert-OH is 4. The molecule has 2 bridgehead atoms. The molecule has 362 valence electrons. The summed E-state index contributed by atoms with van der Waals surface area (Å²) in [6.07, 6.45) is 6.39. The van der Waals surface area contributed by atoms with Gasteiger partial charge in [0.25, 0.3) is 0 Å². The number of H-pyrrole nitrogens is 1. The number of aldehydes is 1. The van der Waals surface area contributed by atoms with Crippen molar-refractivity contribution in [2.75, 3.05) is 59.8 Å². The van der Waals surface area contributed by atoms with Gasteiger partial charge < -0.3 is 59.1 Å². The van der Waals surface area contributed by atoms with Crippen molar-refractivity contribution in [3.8, 4) is 17.2 Å². The Kier molecular flexibility index (Phi) is 14.0. The van der Waals surface area contributed by atoms with Crippen LogP contribution in [0, 0.1) is 29.6 Å². The molecule has 6 N–H and O–H groups in total. The summed E-state index contributed by atoms with van der Waals surface area (Å²) < 4.78 is 31.3. The Morgan fingerprint density at radius 3 is 2.57 bits per heavy atom. The number of ether oxygens (including phenoxy) is 5. The van der Waals surface area contributed by atoms with Crippen molar-refractivity contribution in [3.63, 3.8) is 0 Å². The smallest absolute Gasteiger partial charge is 0.375 e. The van der Waals surface area contributed by atoms with Crippen molar-refractivity contribution >= 4 is 34.5 Å². The van der Waals surface area contributed by atoms with Crippen molar-refractivity contribution in [3.05, 3.63) is 69.1 Å². The first-order chi connectivity index (χ1) is 32.5. The number of ketones is 1. The zero-order valence-electron chi connectivity index (χ0n) is 38.9. The number of aromatic amines is 1. The van der Waals surface area contributed by atoms with E-state index >= 15 is 0 Å². The zero-order valence-corrected chi connectivity index (χ0v) is 38.9. The number of hydrogen-bond acceptors (Lipinski definition) is 14. The number of rotatable bonds is 13. The Morgan fingerprint density at radius 1 is 1.03 bits per heavy atom. The fourth-order valence-corrected chi connectivity index (χ4v) is 12.9. The molecule has 15 heteroatoms. The van der Waals surface area contributed by atoms with Gasteiger partial charge in [-0.25, -0.2) is 4.79 Å². The van der Waals surface area contributed by atoms with Crippen LogP contribution in [-0.2, 0) is 43.3 Å². The SMILES string of the molecule is CCOC(=O)C1=C(C=O)C2=C3CC(CO)C(=O)C(C3)c3cc4cc[nH]c4cc3CCC(CO)COc3c4c(c(CO)c(c32)O1)OC(C1(O)CC(CO)CC2C(CC)N(CCCOC)CCC21)C4. The van der Waals surface area contributed by atoms with E-state index < -0.39 is 54.4 Å². The second-order valence-corrected chi connectivity index (χ2v) is 19.6. The maximum atomic E-state index is 14.5. The molecule has 1 saturated heterocycles. The normalized spacial score (nSPS) is 29.6. The van der Waals surface area contributed by atoms with Crippen LogP contribution in [0.15, 0.2) is 41.3 Å². The van der Waals surface area contributed by atoms with Crippen molar-refractivity contribution in [2.24, 2.45) is 29.6 Å². The topological polar surface area (TPSA) is 218 Å². The third kappa shape index (κ3) is 8.31. The standard InChI is InChI=1S/C52H66N2O13/c1-4-42-36-15-29(23-56)21-52(62,40(36)10-13-54(42)12-6-14-63-3)43-20-37-47(66-43)39(26-59)49-45-44(38(25-58)50(67-49)51(61)64-5-2)32-16-33(24-57)46(60)35(18-32)34-17-31-9-11-53-41(31)19-30(34)8-7-28(22-55)27-65-48(37)45/h9,11,17,19,25,28-29,33,35-36,40,42-43,53,55-57,59,62H,4-8,10,12-16,18,20-24,26-27H2,1-3H3. The Morgan fingerprint density at radius 2 is 1.85 bits per heavy atom. The average Bonchev–Trinajstić information content (AvgIpc) is 4.01. The molecule has 2 saturated carbocycles. The molecular formula is C52H66N2O13. The highest BCUT2D eigenvalue weighted by atomic mass is 16.6. The largest absolute Gasteiger partial charge is 0.492 e. The molecule has 9 unspecified atom stereocenters. The molecule has 2 aliphatic carbocycles. The Bertz CT molecular complexity index is 2440. The number of likely N-dealkylation sites (tertiary alicyclic amines) is 1. The number of benzene rings is 2. The van der Waals surface area contributed by atoms with Gasteiger partial charge in [-0.15, -0.1) is 0 Å². The highest BCUT2D eigenvalue weighted by Crippen LogP contribution is 2.59. The van der Waals surface area contributed by atoms with E-state index in [0.717, 1.165) is 54.4 Å². The highest BCUT2D eigenvalue weighted by molar-refractivity contribution is 6.11. The van der Waals surface area contributed by atoms with Crippen LogP contribution < -0.4 is 14.2 Å². The molecule has 3 fully saturated rings. The van der Waals surface area contributed by atoms with Crippen molar-refractivity contribution in [1.82, 2.24) is 9.88 Å². The van der Waals surface area contributed by atoms with Gasteiger partial charge in [0, 0.05) is 86.5 Å². The lowest BCUT2D eigenvalue weighted by atomic mass is 9.58. The van der Waals surface area contributed by atoms with E-state index in [9.17, 15) is 39.9 Å². The number of carbonyl (C=O) groups is 3. The molecule has 0 radical (unpaired) electrons. The number of aromatic nitrogens is 1. The molecule has 9 rings (SSSR count). The maximum Gasteiger partial charge on any atom is 0.375 e. The van der Waals surface area contributed by atoms with Gasteiger partial charge in [-0.1, -0.05) is 12.5 Å². The van der Waals surface area contributed by atoms with E-state index in [1.807, 2.05) is 24.4 Å². The Labute approximate surface area is 391 Å². The van der Waals surface area contributed by atoms with Crippen molar-refractivity contribution in [1.29, 1.82) is 0 Å². The summed E-state index contributed by atoms with van der Waals surface area (Å²) in [6.45, 7) is 4.70. The number of nitrogens with zero attached hydrogens (tertiary/aromatic N) is 1. The fourth-order valence-electron chi connectivity index (χ4n) is 12.9. The molecule has 0 spiro atoms. The predicted molar refractivity (Wildman–Crippen MR) is 247 cm³/mol. The molecule has 1 aromatic heterocycles. The van der Waals surface area contributed by atoms with E-state index in [0.29, 0.717) is 55.3 Å². The van der Waals surface area contributed by atoms with Gasteiger partial charge in [-0.3, -0.25) is 9.59 Å². The minimum absolute atomic E-state index is 0.0177. The molecule has 67 heavy (non-hydrogen) atoms. The van der Waals surface area contributed by atoms with Gasteiger partial charge in [0.05, 0.1) is 43.1 Å². The molecule has 0 amide bonds. The van der Waals surface area contributed by atoms with Crippen LogP contribution in [0.4, 0.5) is 0 Å². The van der Waals surface area contributed by atoms with Crippen molar-refractivity contribution < 1.29 is 63.6 Å². The lowest BCUT2D eigenvalue weighted by Crippen LogP contribution is -2.64. The summed E-state index contributed by atoms with van der Waals surface area (Å²) in [7, 11) is 1.70. The molecule has 6 aliphatic rings. The van der Waals surface area contributed by atoms with Crippen molar-refractivity contribution in [2.45, 2.75) is 108 Å². The van der Waals surface area contributed by atoms with E-state index in [4.69, 9.17) is 23.7 Å². The summed E-state index contributed by atoms with van der Waals surface area (Å²) in [4.78, 5) is 47.9. The maximum absolute atomic E-state index is 14.5. The second-order valence-electron chi connectivity index (χ2n) is 19.6. The Balaban J connectivity index is 1.24. The van der Waals surface area contributed by atoms with E-state index in [1.54, 1.807) is 14.0 Å². The number of nitrogens with one attached hydrogen (secondary N) is 1. The van der Waals surface area contributed by atoms with Crippen LogP contribution in [0.3, 0.4) is 0 Å². The summed E-state index contributed by atoms with van der Waals surface area (Å²) in [5.74, 6) is -3.23. The third-order valence-corrected chi connectivity index (χ3v) is 16.0. The molecule has 4 aliphatic heterocycles. The molecule has 9 atom stereocenters. The summed E-state index contributed by atoms with van der Waals surface area (Å²) in [5.41, 5.74) is 2.96. The number of methoxy groups -OCH3 is 1. The number of fused-ring (bicyclic) bond motifs is 8. The van der Waals surface area contributed by atoms with Gasteiger partial charge in [0.2, 0.25) is 5.76 Å². The van der Waals surface area contributed by atoms with E-state index in [-0.39, 0.29) is 109 Å². The highest BCUT2D eigenvalue weighted by Gasteiger charge is 2.58. The first kappa shape index (κ1) is 47.5. The lowest BCUT2D eigenvalue weighted by Gasteiger charge is -2.56. The van der Waals surface area contributed by atoms with Gasteiger partial charge in [0.1, 0.15) is 34.7 Å². The number of esters is 1. The molecule has 5 heterocycles. The average molecular weight is 927 g/mol. The van der Waals surface area contributed by atoms with Gasteiger partial charge >= 0.3 is 5.97 Å². The number of allylic oxidation sites excluding steroid dienone is 3. The summed E-state index contributed by atoms with van der Waals surface area (Å²) >= 11 is 0. The number of aryl methyl sites for hydroxylation is 1. The van der Waals surface area contributed by atoms with E-state index in [1.165, 1.54) is 0 Å². The van der Waals surface area contributed by atoms with Gasteiger partial charge in [-0.2, -0.15) is 0 Å². The van der Waals surface area contributed by atoms with E-state index in [2.05, 4.69) is 16.8 Å². The van der Waals surface area contributed by atoms with Gasteiger partial charge in [0.15, 0.2) is 6.29 Å². The number of Topliss-reactive ketones (excluding diaryl/α,β-unsaturated/α-hetero) is 1. The summed E-state index contributed by atoms with van der Waals surface area (Å²) in [5, 5.41) is 58.3. The predicted octanol–water partition coefficient (Wildman–Crippen LogP) is 4.70. The number of aliphatic hydroxyl groups is 5. The summed E-state index contributed by atoms with van der Waals surface area (Å²) in [6, 6.07) is 6.15. The zero-order chi connectivity index (χ0) is 47.1.